The van der Waals surface area contributed by atoms with Gasteiger partial charge in [-0.25, -0.2) is 0 Å². The molecule has 76 valence electrons. The molecule has 3 rings (SSSR count). The lowest BCUT2D eigenvalue weighted by molar-refractivity contribution is -0.644. The Morgan fingerprint density at radius 2 is 1.73 bits per heavy atom. The molecule has 0 N–H and O–H groups in total. The van der Waals surface area contributed by atoms with Crippen molar-refractivity contribution in [2.24, 2.45) is 7.05 Å². The van der Waals surface area contributed by atoms with Crippen LogP contribution in [0, 0.1) is 0 Å². The molecule has 2 aromatic heterocycles. The number of pyridine rings is 1. The predicted octanol–water partition coefficient (Wildman–Crippen LogP) is -0.117. The van der Waals surface area contributed by atoms with Crippen molar-refractivity contribution in [3.8, 4) is 0 Å². The number of hydrogen-bond acceptors (Lipinski definition) is 1. The Morgan fingerprint density at radius 3 is 2.60 bits per heavy atom. The van der Waals surface area contributed by atoms with Gasteiger partial charge in [-0.2, -0.15) is 4.57 Å². The fourth-order valence-corrected chi connectivity index (χ4v) is 3.02. The van der Waals surface area contributed by atoms with Gasteiger partial charge in [0, 0.05) is 10.8 Å². The summed E-state index contributed by atoms with van der Waals surface area (Å²) in [5.74, 6) is 0. The van der Waals surface area contributed by atoms with Gasteiger partial charge in [-0.15, -0.1) is 11.3 Å². The smallest absolute Gasteiger partial charge is 0.231 e. The Kier molecular flexibility index (Phi) is 2.93. The number of nitrogens with zero attached hydrogens (tertiary/aromatic N) is 1. The zero-order valence-electron chi connectivity index (χ0n) is 8.27. The molecule has 0 unspecified atom stereocenters. The quantitative estimate of drug-likeness (QED) is 0.401. The minimum atomic E-state index is 0. The van der Waals surface area contributed by atoms with Crippen molar-refractivity contribution >= 4 is 31.6 Å². The minimum Gasteiger partial charge on any atom is -1.00 e. The van der Waals surface area contributed by atoms with Crippen LogP contribution in [-0.2, 0) is 7.05 Å². The number of hydrogen-bond donors (Lipinski definition) is 0. The molecule has 0 spiro atoms. The van der Waals surface area contributed by atoms with Gasteiger partial charge >= 0.3 is 0 Å². The number of aromatic nitrogens is 1. The first kappa shape index (κ1) is 10.8. The van der Waals surface area contributed by atoms with E-state index >= 15 is 0 Å². The van der Waals surface area contributed by atoms with E-state index in [1.54, 1.807) is 0 Å². The Bertz CT molecular complexity index is 615. The molecule has 0 bridgehead atoms. The molecule has 0 amide bonds. The number of halogens is 1. The fraction of sp³-hybridized carbons (Fsp3) is 0.0833. The predicted molar refractivity (Wildman–Crippen MR) is 60.5 cm³/mol. The monoisotopic (exact) mass is 327 g/mol. The molecule has 0 aliphatic rings. The fourth-order valence-electron chi connectivity index (χ4n) is 1.86. The molecule has 0 aliphatic heterocycles. The maximum absolute atomic E-state index is 2.19. The molecule has 0 saturated heterocycles. The minimum absolute atomic E-state index is 0. The second-order valence-corrected chi connectivity index (χ2v) is 4.51. The van der Waals surface area contributed by atoms with Gasteiger partial charge in [0.15, 0.2) is 6.20 Å². The van der Waals surface area contributed by atoms with Gasteiger partial charge in [0.05, 0.1) is 5.39 Å². The Morgan fingerprint density at radius 1 is 1.00 bits per heavy atom. The van der Waals surface area contributed by atoms with Crippen molar-refractivity contribution in [3.05, 3.63) is 42.6 Å². The highest BCUT2D eigenvalue weighted by molar-refractivity contribution is 7.25. The maximum Gasteiger partial charge on any atom is 0.231 e. The van der Waals surface area contributed by atoms with Crippen molar-refractivity contribution in [2.75, 3.05) is 0 Å². The summed E-state index contributed by atoms with van der Waals surface area (Å²) in [6.45, 7) is 0. The number of aryl methyl sites for hydroxylation is 1. The zero-order valence-corrected chi connectivity index (χ0v) is 11.2. The number of thiophene rings is 1. The number of benzene rings is 1. The molecule has 1 aromatic carbocycles. The molecule has 15 heavy (non-hydrogen) atoms. The van der Waals surface area contributed by atoms with Crippen LogP contribution in [0.1, 0.15) is 0 Å². The van der Waals surface area contributed by atoms with Crippen molar-refractivity contribution in [3.63, 3.8) is 0 Å². The summed E-state index contributed by atoms with van der Waals surface area (Å²) < 4.78 is 4.91. The van der Waals surface area contributed by atoms with Gasteiger partial charge in [-0.3, -0.25) is 0 Å². The highest BCUT2D eigenvalue weighted by Crippen LogP contribution is 2.30. The molecule has 0 atom stereocenters. The highest BCUT2D eigenvalue weighted by Gasteiger charge is 2.11. The lowest BCUT2D eigenvalue weighted by atomic mass is 10.2. The third-order valence-electron chi connectivity index (χ3n) is 2.51. The second-order valence-electron chi connectivity index (χ2n) is 3.43. The summed E-state index contributed by atoms with van der Waals surface area (Å²) in [5, 5.41) is 1.36. The molecule has 0 fully saturated rings. The first-order valence-corrected chi connectivity index (χ1v) is 5.44. The second kappa shape index (κ2) is 4.06. The third kappa shape index (κ3) is 1.63. The molecule has 0 saturated carbocycles. The molecule has 1 nitrogen and oxygen atoms in total. The van der Waals surface area contributed by atoms with Crippen LogP contribution in [-0.4, -0.2) is 0 Å². The van der Waals surface area contributed by atoms with Crippen LogP contribution in [0.4, 0.5) is 0 Å². The van der Waals surface area contributed by atoms with E-state index in [1.807, 2.05) is 11.3 Å². The topological polar surface area (TPSA) is 3.88 Å². The molecular formula is C12H10INS. The van der Waals surface area contributed by atoms with Gasteiger partial charge in [0.1, 0.15) is 11.7 Å². The number of rotatable bonds is 0. The summed E-state index contributed by atoms with van der Waals surface area (Å²) in [4.78, 5) is 0. The van der Waals surface area contributed by atoms with Gasteiger partial charge in [-0.05, 0) is 18.2 Å². The number of fused-ring (bicyclic) bond motifs is 3. The Labute approximate surface area is 109 Å². The summed E-state index contributed by atoms with van der Waals surface area (Å²) >= 11 is 1.85. The van der Waals surface area contributed by atoms with Crippen molar-refractivity contribution in [1.82, 2.24) is 0 Å². The van der Waals surface area contributed by atoms with Crippen molar-refractivity contribution in [2.45, 2.75) is 0 Å². The lowest BCUT2D eigenvalue weighted by Crippen LogP contribution is -3.00. The largest absolute Gasteiger partial charge is 1.00 e. The van der Waals surface area contributed by atoms with Crippen LogP contribution in [0.25, 0.3) is 20.3 Å². The summed E-state index contributed by atoms with van der Waals surface area (Å²) in [7, 11) is 2.10. The van der Waals surface area contributed by atoms with E-state index in [1.165, 1.54) is 20.3 Å². The van der Waals surface area contributed by atoms with Crippen LogP contribution in [0.5, 0.6) is 0 Å². The van der Waals surface area contributed by atoms with Gasteiger partial charge in [-0.1, -0.05) is 12.1 Å². The summed E-state index contributed by atoms with van der Waals surface area (Å²) in [5.41, 5.74) is 1.34. The Hall–Kier alpha value is -0.680. The normalized spacial score (nSPS) is 10.5. The van der Waals surface area contributed by atoms with Crippen LogP contribution in [0.2, 0.25) is 0 Å². The standard InChI is InChI=1S/C12H10NS.HI/c1-13-8-4-7-11-12(13)9-5-2-3-6-10(9)14-11;/h2-8H,1H3;1H/q+1;/p-1. The SMILES string of the molecule is C[n+]1cccc2sc3ccccc3c21.[I-]. The molecule has 3 aromatic rings. The highest BCUT2D eigenvalue weighted by atomic mass is 127. The van der Waals surface area contributed by atoms with Gasteiger partial charge < -0.3 is 24.0 Å². The van der Waals surface area contributed by atoms with Gasteiger partial charge in [0.2, 0.25) is 5.52 Å². The van der Waals surface area contributed by atoms with E-state index in [0.29, 0.717) is 0 Å². The molecule has 3 heteroatoms. The van der Waals surface area contributed by atoms with E-state index in [0.717, 1.165) is 0 Å². The van der Waals surface area contributed by atoms with E-state index in [-0.39, 0.29) is 24.0 Å². The zero-order chi connectivity index (χ0) is 9.54. The van der Waals surface area contributed by atoms with Gasteiger partial charge in [0.25, 0.3) is 0 Å². The summed E-state index contributed by atoms with van der Waals surface area (Å²) in [6.07, 6.45) is 2.10. The first-order chi connectivity index (χ1) is 6.86. The molecule has 0 aliphatic carbocycles. The van der Waals surface area contributed by atoms with Crippen molar-refractivity contribution < 1.29 is 28.5 Å². The molecule has 0 radical (unpaired) electrons. The third-order valence-corrected chi connectivity index (χ3v) is 3.63. The van der Waals surface area contributed by atoms with E-state index in [4.69, 9.17) is 0 Å². The van der Waals surface area contributed by atoms with E-state index in [9.17, 15) is 0 Å². The molecular weight excluding hydrogens is 317 g/mol. The van der Waals surface area contributed by atoms with Crippen LogP contribution in [0.15, 0.2) is 42.6 Å². The average molecular weight is 327 g/mol. The van der Waals surface area contributed by atoms with Crippen molar-refractivity contribution in [1.29, 1.82) is 0 Å². The first-order valence-electron chi connectivity index (χ1n) is 4.62. The summed E-state index contributed by atoms with van der Waals surface area (Å²) in [6, 6.07) is 12.8. The average Bonchev–Trinajstić information content (AvgIpc) is 2.57. The van der Waals surface area contributed by atoms with E-state index in [2.05, 4.69) is 54.2 Å². The maximum atomic E-state index is 2.19. The molecule has 2 heterocycles. The van der Waals surface area contributed by atoms with Crippen LogP contribution < -0.4 is 28.5 Å². The van der Waals surface area contributed by atoms with Crippen LogP contribution >= 0.6 is 11.3 Å². The van der Waals surface area contributed by atoms with Crippen LogP contribution in [0.3, 0.4) is 0 Å². The lowest BCUT2D eigenvalue weighted by Gasteiger charge is -1.89. The van der Waals surface area contributed by atoms with E-state index < -0.39 is 0 Å². The Balaban J connectivity index is 0.000000853.